The van der Waals surface area contributed by atoms with Crippen LogP contribution in [-0.4, -0.2) is 55.2 Å². The molecule has 1 amide bonds. The first-order chi connectivity index (χ1) is 15.2. The maximum atomic E-state index is 12.5. The molecule has 4 rings (SSSR count). The molecule has 1 saturated heterocycles. The lowest BCUT2D eigenvalue weighted by atomic mass is 10.1. The van der Waals surface area contributed by atoms with Gasteiger partial charge in [0.1, 0.15) is 23.1 Å². The van der Waals surface area contributed by atoms with Gasteiger partial charge in [0.15, 0.2) is 0 Å². The maximum absolute atomic E-state index is 12.5. The van der Waals surface area contributed by atoms with E-state index >= 15 is 0 Å². The second-order valence-electron chi connectivity index (χ2n) is 7.52. The number of nitrogens with zero attached hydrogens (tertiary/aromatic N) is 2. The highest BCUT2D eigenvalue weighted by Crippen LogP contribution is 2.27. The summed E-state index contributed by atoms with van der Waals surface area (Å²) in [6, 6.07) is 12.4. The van der Waals surface area contributed by atoms with Gasteiger partial charge < -0.3 is 14.8 Å². The molecule has 1 N–H and O–H groups in total. The first kappa shape index (κ1) is 22.0. The van der Waals surface area contributed by atoms with Crippen molar-refractivity contribution in [2.24, 2.45) is 0 Å². The fourth-order valence-electron chi connectivity index (χ4n) is 3.53. The van der Waals surface area contributed by atoms with Gasteiger partial charge in [-0.15, -0.1) is 22.7 Å². The van der Waals surface area contributed by atoms with Crippen LogP contribution >= 0.6 is 22.7 Å². The van der Waals surface area contributed by atoms with Crippen molar-refractivity contribution < 1.29 is 14.3 Å². The summed E-state index contributed by atoms with van der Waals surface area (Å²) >= 11 is 3.11. The van der Waals surface area contributed by atoms with E-state index in [1.54, 1.807) is 16.7 Å². The predicted octanol–water partition coefficient (Wildman–Crippen LogP) is 4.29. The van der Waals surface area contributed by atoms with Crippen LogP contribution in [0, 0.1) is 0 Å². The molecule has 3 heterocycles. The van der Waals surface area contributed by atoms with Gasteiger partial charge in [0.2, 0.25) is 0 Å². The quantitative estimate of drug-likeness (QED) is 0.519. The number of carbonyl (C=O) groups is 1. The zero-order valence-corrected chi connectivity index (χ0v) is 19.2. The minimum Gasteiger partial charge on any atom is -0.492 e. The van der Waals surface area contributed by atoms with E-state index in [-0.39, 0.29) is 5.91 Å². The van der Waals surface area contributed by atoms with Gasteiger partial charge in [-0.05, 0) is 49.0 Å². The molecule has 0 radical (unpaired) electrons. The number of thiazole rings is 1. The third kappa shape index (κ3) is 6.13. The molecular weight excluding hydrogens is 430 g/mol. The van der Waals surface area contributed by atoms with Crippen LogP contribution in [0.1, 0.15) is 28.9 Å². The summed E-state index contributed by atoms with van der Waals surface area (Å²) in [4.78, 5) is 20.4. The highest BCUT2D eigenvalue weighted by Gasteiger charge is 2.18. The minimum atomic E-state index is -0.163. The van der Waals surface area contributed by atoms with Gasteiger partial charge in [-0.3, -0.25) is 9.69 Å². The number of likely N-dealkylation sites (N-methyl/N-ethyl adjacent to an activating group) is 1. The Labute approximate surface area is 190 Å². The molecule has 0 bridgehead atoms. The van der Waals surface area contributed by atoms with E-state index in [4.69, 9.17) is 9.47 Å². The fourth-order valence-corrected chi connectivity index (χ4v) is 5.14. The van der Waals surface area contributed by atoms with E-state index < -0.39 is 0 Å². The lowest BCUT2D eigenvalue weighted by molar-refractivity contribution is 0.0392. The summed E-state index contributed by atoms with van der Waals surface area (Å²) in [5, 5.41) is 7.64. The Hall–Kier alpha value is -2.26. The van der Waals surface area contributed by atoms with Gasteiger partial charge in [0, 0.05) is 37.7 Å². The molecule has 164 valence electrons. The second-order valence-corrected chi connectivity index (χ2v) is 9.32. The zero-order chi connectivity index (χ0) is 21.5. The monoisotopic (exact) mass is 457 g/mol. The number of hydrogen-bond acceptors (Lipinski definition) is 7. The summed E-state index contributed by atoms with van der Waals surface area (Å²) in [6.45, 7) is 3.64. The molecular formula is C23H27N3O3S2. The number of ether oxygens (including phenoxy) is 2. The number of aromatic nitrogens is 1. The third-order valence-electron chi connectivity index (χ3n) is 5.35. The average Bonchev–Trinajstić information content (AvgIpc) is 3.50. The zero-order valence-electron chi connectivity index (χ0n) is 17.6. The molecule has 0 atom stereocenters. The van der Waals surface area contributed by atoms with E-state index in [9.17, 15) is 4.79 Å². The molecule has 0 spiro atoms. The standard InChI is InChI=1S/C23H27N3O3S2/c1-26(18-7-10-28-11-8-18)9-12-29-19-5-2-4-17(14-19)15-24-22(27)20-16-31-23(25-20)21-6-3-13-30-21/h2-6,13-14,16,18H,7-12,15H2,1H3,(H,24,27). The van der Waals surface area contributed by atoms with Crippen molar-refractivity contribution in [1.82, 2.24) is 15.2 Å². The number of benzene rings is 1. The van der Waals surface area contributed by atoms with Crippen LogP contribution in [0.2, 0.25) is 0 Å². The number of thiophene rings is 1. The van der Waals surface area contributed by atoms with Gasteiger partial charge in [-0.1, -0.05) is 18.2 Å². The summed E-state index contributed by atoms with van der Waals surface area (Å²) in [7, 11) is 2.15. The molecule has 1 aliphatic rings. The molecule has 3 aromatic rings. The minimum absolute atomic E-state index is 0.163. The lowest BCUT2D eigenvalue weighted by Crippen LogP contribution is -2.38. The Morgan fingerprint density at radius 3 is 2.94 bits per heavy atom. The van der Waals surface area contributed by atoms with Crippen LogP contribution in [0.3, 0.4) is 0 Å². The van der Waals surface area contributed by atoms with Crippen molar-refractivity contribution in [2.75, 3.05) is 33.4 Å². The summed E-state index contributed by atoms with van der Waals surface area (Å²) < 4.78 is 11.4. The van der Waals surface area contributed by atoms with Crippen LogP contribution in [-0.2, 0) is 11.3 Å². The summed E-state index contributed by atoms with van der Waals surface area (Å²) in [5.41, 5.74) is 1.45. The van der Waals surface area contributed by atoms with E-state index in [2.05, 4.69) is 22.2 Å². The van der Waals surface area contributed by atoms with Crippen molar-refractivity contribution in [3.8, 4) is 15.6 Å². The Morgan fingerprint density at radius 1 is 1.26 bits per heavy atom. The molecule has 1 fully saturated rings. The Morgan fingerprint density at radius 2 is 2.13 bits per heavy atom. The van der Waals surface area contributed by atoms with Crippen LogP contribution in [0.15, 0.2) is 47.2 Å². The molecule has 1 aromatic carbocycles. The van der Waals surface area contributed by atoms with Crippen LogP contribution in [0.5, 0.6) is 5.75 Å². The van der Waals surface area contributed by atoms with E-state index in [0.29, 0.717) is 24.9 Å². The fraction of sp³-hybridized carbons (Fsp3) is 0.391. The number of amides is 1. The van der Waals surface area contributed by atoms with Crippen molar-refractivity contribution >= 4 is 28.6 Å². The van der Waals surface area contributed by atoms with Gasteiger partial charge in [0.05, 0.1) is 4.88 Å². The number of carbonyl (C=O) groups excluding carboxylic acids is 1. The van der Waals surface area contributed by atoms with Gasteiger partial charge in [-0.25, -0.2) is 4.98 Å². The van der Waals surface area contributed by atoms with Gasteiger partial charge in [-0.2, -0.15) is 0 Å². The number of hydrogen-bond donors (Lipinski definition) is 1. The van der Waals surface area contributed by atoms with Crippen LogP contribution in [0.4, 0.5) is 0 Å². The van der Waals surface area contributed by atoms with Crippen molar-refractivity contribution in [2.45, 2.75) is 25.4 Å². The van der Waals surface area contributed by atoms with E-state index in [1.807, 2.05) is 41.8 Å². The summed E-state index contributed by atoms with van der Waals surface area (Å²) in [5.74, 6) is 0.657. The molecule has 31 heavy (non-hydrogen) atoms. The smallest absolute Gasteiger partial charge is 0.271 e. The van der Waals surface area contributed by atoms with Crippen LogP contribution in [0.25, 0.3) is 9.88 Å². The number of rotatable bonds is 9. The van der Waals surface area contributed by atoms with Crippen molar-refractivity contribution in [3.05, 3.63) is 58.4 Å². The third-order valence-corrected chi connectivity index (χ3v) is 7.23. The Bertz CT molecular complexity index is 968. The largest absolute Gasteiger partial charge is 0.492 e. The van der Waals surface area contributed by atoms with Gasteiger partial charge >= 0.3 is 0 Å². The highest BCUT2D eigenvalue weighted by molar-refractivity contribution is 7.20. The van der Waals surface area contributed by atoms with Crippen molar-refractivity contribution in [3.63, 3.8) is 0 Å². The highest BCUT2D eigenvalue weighted by atomic mass is 32.1. The Kier molecular flexibility index (Phi) is 7.69. The maximum Gasteiger partial charge on any atom is 0.271 e. The summed E-state index contributed by atoms with van der Waals surface area (Å²) in [6.07, 6.45) is 2.17. The SMILES string of the molecule is CN(CCOc1cccc(CNC(=O)c2csc(-c3cccs3)n2)c1)C1CCOCC1. The molecule has 0 aliphatic carbocycles. The first-order valence-corrected chi connectivity index (χ1v) is 12.2. The van der Waals surface area contributed by atoms with Crippen molar-refractivity contribution in [1.29, 1.82) is 0 Å². The molecule has 0 saturated carbocycles. The first-order valence-electron chi connectivity index (χ1n) is 10.5. The Balaban J connectivity index is 1.24. The predicted molar refractivity (Wildman–Crippen MR) is 125 cm³/mol. The molecule has 0 unspecified atom stereocenters. The lowest BCUT2D eigenvalue weighted by Gasteiger charge is -2.31. The van der Waals surface area contributed by atoms with E-state index in [1.165, 1.54) is 11.3 Å². The number of nitrogens with one attached hydrogen (secondary N) is 1. The van der Waals surface area contributed by atoms with Gasteiger partial charge in [0.25, 0.3) is 5.91 Å². The normalized spacial score (nSPS) is 14.6. The molecule has 8 heteroatoms. The second kappa shape index (κ2) is 10.9. The van der Waals surface area contributed by atoms with E-state index in [0.717, 1.165) is 53.8 Å². The topological polar surface area (TPSA) is 63.7 Å². The molecule has 1 aliphatic heterocycles. The molecule has 2 aromatic heterocycles. The van der Waals surface area contributed by atoms with Crippen LogP contribution < -0.4 is 10.1 Å². The molecule has 6 nitrogen and oxygen atoms in total. The average molecular weight is 458 g/mol.